The first kappa shape index (κ1) is 13.2. The van der Waals surface area contributed by atoms with Crippen molar-refractivity contribution in [3.05, 3.63) is 29.3 Å². The van der Waals surface area contributed by atoms with E-state index >= 15 is 0 Å². The standard InChI is InChI=1S/C16H19NO3/c18-15-9-6-11-10-12(7-8-14(11)15)17-16(19)20-13-4-2-1-3-5-13/h7-8,10,13H,1-6,9H2,(H,17,19). The average Bonchev–Trinajstić information content (AvgIpc) is 2.81. The van der Waals surface area contributed by atoms with Crippen LogP contribution in [0.2, 0.25) is 0 Å². The van der Waals surface area contributed by atoms with Crippen LogP contribution >= 0.6 is 0 Å². The van der Waals surface area contributed by atoms with Gasteiger partial charge in [0.1, 0.15) is 6.10 Å². The molecule has 0 aromatic heterocycles. The van der Waals surface area contributed by atoms with Gasteiger partial charge in [-0.15, -0.1) is 0 Å². The van der Waals surface area contributed by atoms with E-state index in [1.165, 1.54) is 6.42 Å². The highest BCUT2D eigenvalue weighted by atomic mass is 16.6. The van der Waals surface area contributed by atoms with Crippen molar-refractivity contribution in [2.45, 2.75) is 51.0 Å². The number of hydrogen-bond acceptors (Lipinski definition) is 3. The normalized spacial score (nSPS) is 18.7. The van der Waals surface area contributed by atoms with E-state index in [1.54, 1.807) is 12.1 Å². The van der Waals surface area contributed by atoms with Crippen LogP contribution in [0.3, 0.4) is 0 Å². The summed E-state index contributed by atoms with van der Waals surface area (Å²) in [6.07, 6.45) is 6.45. The zero-order chi connectivity index (χ0) is 13.9. The number of aryl methyl sites for hydroxylation is 1. The highest BCUT2D eigenvalue weighted by molar-refractivity contribution is 6.01. The first-order valence-corrected chi connectivity index (χ1v) is 7.36. The van der Waals surface area contributed by atoms with E-state index in [2.05, 4.69) is 5.32 Å². The molecule has 1 N–H and O–H groups in total. The molecule has 106 valence electrons. The lowest BCUT2D eigenvalue weighted by atomic mass is 9.98. The minimum atomic E-state index is -0.388. The summed E-state index contributed by atoms with van der Waals surface area (Å²) in [4.78, 5) is 23.4. The fourth-order valence-corrected chi connectivity index (χ4v) is 3.01. The summed E-state index contributed by atoms with van der Waals surface area (Å²) in [5.41, 5.74) is 2.51. The van der Waals surface area contributed by atoms with E-state index < -0.39 is 0 Å². The number of nitrogens with one attached hydrogen (secondary N) is 1. The number of Topliss-reactive ketones (excluding diaryl/α,β-unsaturated/α-hetero) is 1. The van der Waals surface area contributed by atoms with E-state index in [1.807, 2.05) is 6.07 Å². The van der Waals surface area contributed by atoms with Crippen LogP contribution in [-0.2, 0) is 11.2 Å². The van der Waals surface area contributed by atoms with Gasteiger partial charge >= 0.3 is 6.09 Å². The highest BCUT2D eigenvalue weighted by Crippen LogP contribution is 2.25. The van der Waals surface area contributed by atoms with Crippen LogP contribution in [0.15, 0.2) is 18.2 Å². The van der Waals surface area contributed by atoms with Gasteiger partial charge in [-0.3, -0.25) is 10.1 Å². The Hall–Kier alpha value is -1.84. The SMILES string of the molecule is O=C(Nc1ccc2c(c1)CCC2=O)OC1CCCCC1. The van der Waals surface area contributed by atoms with Gasteiger partial charge in [0.15, 0.2) is 5.78 Å². The van der Waals surface area contributed by atoms with Crippen LogP contribution in [0, 0.1) is 0 Å². The zero-order valence-corrected chi connectivity index (χ0v) is 11.5. The number of rotatable bonds is 2. The van der Waals surface area contributed by atoms with Crippen LogP contribution in [0.5, 0.6) is 0 Å². The summed E-state index contributed by atoms with van der Waals surface area (Å²) in [6.45, 7) is 0. The Kier molecular flexibility index (Phi) is 3.72. The third kappa shape index (κ3) is 2.84. The summed E-state index contributed by atoms with van der Waals surface area (Å²) in [7, 11) is 0. The van der Waals surface area contributed by atoms with Crippen molar-refractivity contribution in [2.75, 3.05) is 5.32 Å². The van der Waals surface area contributed by atoms with Gasteiger partial charge < -0.3 is 4.74 Å². The summed E-state index contributed by atoms with van der Waals surface area (Å²) in [6, 6.07) is 5.44. The molecule has 1 aromatic carbocycles. The zero-order valence-electron chi connectivity index (χ0n) is 11.5. The first-order valence-electron chi connectivity index (χ1n) is 7.36. The maximum atomic E-state index is 11.8. The maximum Gasteiger partial charge on any atom is 0.411 e. The Morgan fingerprint density at radius 2 is 1.95 bits per heavy atom. The third-order valence-electron chi connectivity index (χ3n) is 4.10. The molecule has 20 heavy (non-hydrogen) atoms. The van der Waals surface area contributed by atoms with E-state index in [4.69, 9.17) is 4.74 Å². The second kappa shape index (κ2) is 5.65. The summed E-state index contributed by atoms with van der Waals surface area (Å²) >= 11 is 0. The Balaban J connectivity index is 1.60. The predicted octanol–water partition coefficient (Wildman–Crippen LogP) is 3.70. The Morgan fingerprint density at radius 1 is 1.15 bits per heavy atom. The lowest BCUT2D eigenvalue weighted by Crippen LogP contribution is -2.24. The van der Waals surface area contributed by atoms with E-state index in [0.29, 0.717) is 12.1 Å². The molecule has 1 amide bonds. The number of amides is 1. The van der Waals surface area contributed by atoms with Gasteiger partial charge in [-0.25, -0.2) is 4.79 Å². The molecule has 0 unspecified atom stereocenters. The van der Waals surface area contributed by atoms with Gasteiger partial charge in [0.2, 0.25) is 0 Å². The molecular weight excluding hydrogens is 254 g/mol. The van der Waals surface area contributed by atoms with E-state index in [-0.39, 0.29) is 18.0 Å². The Morgan fingerprint density at radius 3 is 2.75 bits per heavy atom. The van der Waals surface area contributed by atoms with Crippen LogP contribution in [0.1, 0.15) is 54.4 Å². The molecule has 4 heteroatoms. The number of benzene rings is 1. The van der Waals surface area contributed by atoms with Gasteiger partial charge in [-0.2, -0.15) is 0 Å². The summed E-state index contributed by atoms with van der Waals surface area (Å²) < 4.78 is 5.42. The molecule has 1 aromatic rings. The molecule has 3 rings (SSSR count). The molecule has 0 spiro atoms. The molecule has 0 bridgehead atoms. The van der Waals surface area contributed by atoms with Gasteiger partial charge in [-0.1, -0.05) is 6.42 Å². The minimum absolute atomic E-state index is 0.0553. The topological polar surface area (TPSA) is 55.4 Å². The molecular formula is C16H19NO3. The molecule has 4 nitrogen and oxygen atoms in total. The molecule has 0 aliphatic heterocycles. The van der Waals surface area contributed by atoms with Crippen LogP contribution in [0.4, 0.5) is 10.5 Å². The number of ether oxygens (including phenoxy) is 1. The number of carbonyl (C=O) groups is 2. The molecule has 0 heterocycles. The second-order valence-corrected chi connectivity index (χ2v) is 5.59. The maximum absolute atomic E-state index is 11.8. The predicted molar refractivity (Wildman–Crippen MR) is 76.1 cm³/mol. The quantitative estimate of drug-likeness (QED) is 0.894. The van der Waals surface area contributed by atoms with Crippen molar-refractivity contribution in [1.29, 1.82) is 0 Å². The van der Waals surface area contributed by atoms with Crippen LogP contribution in [0.25, 0.3) is 0 Å². The first-order chi connectivity index (χ1) is 9.72. The lowest BCUT2D eigenvalue weighted by molar-refractivity contribution is 0.0865. The third-order valence-corrected chi connectivity index (χ3v) is 4.10. The van der Waals surface area contributed by atoms with Gasteiger partial charge in [0.25, 0.3) is 0 Å². The average molecular weight is 273 g/mol. The smallest absolute Gasteiger partial charge is 0.411 e. The van der Waals surface area contributed by atoms with Crippen LogP contribution < -0.4 is 5.32 Å². The van der Waals surface area contributed by atoms with Crippen molar-refractivity contribution < 1.29 is 14.3 Å². The molecule has 0 saturated heterocycles. The lowest BCUT2D eigenvalue weighted by Gasteiger charge is -2.21. The van der Waals surface area contributed by atoms with Crippen molar-refractivity contribution in [3.63, 3.8) is 0 Å². The number of anilines is 1. The number of carbonyl (C=O) groups excluding carboxylic acids is 2. The Labute approximate surface area is 118 Å². The Bertz CT molecular complexity index is 533. The largest absolute Gasteiger partial charge is 0.446 e. The number of ketones is 1. The number of fused-ring (bicyclic) bond motifs is 1. The minimum Gasteiger partial charge on any atom is -0.446 e. The van der Waals surface area contributed by atoms with Crippen molar-refractivity contribution in [2.24, 2.45) is 0 Å². The fourth-order valence-electron chi connectivity index (χ4n) is 3.01. The molecule has 2 aliphatic rings. The summed E-state index contributed by atoms with van der Waals surface area (Å²) in [5, 5.41) is 2.76. The van der Waals surface area contributed by atoms with Crippen molar-refractivity contribution in [1.82, 2.24) is 0 Å². The molecule has 0 radical (unpaired) electrons. The summed E-state index contributed by atoms with van der Waals surface area (Å²) in [5.74, 6) is 0.191. The van der Waals surface area contributed by atoms with Gasteiger partial charge in [0.05, 0.1) is 0 Å². The highest BCUT2D eigenvalue weighted by Gasteiger charge is 2.21. The fraction of sp³-hybridized carbons (Fsp3) is 0.500. The molecule has 0 atom stereocenters. The van der Waals surface area contributed by atoms with E-state index in [9.17, 15) is 9.59 Å². The molecule has 1 fully saturated rings. The van der Waals surface area contributed by atoms with Crippen molar-refractivity contribution in [3.8, 4) is 0 Å². The van der Waals surface area contributed by atoms with Gasteiger partial charge in [-0.05, 0) is 55.9 Å². The number of hydrogen-bond donors (Lipinski definition) is 1. The van der Waals surface area contributed by atoms with Gasteiger partial charge in [0, 0.05) is 17.7 Å². The second-order valence-electron chi connectivity index (χ2n) is 5.59. The molecule has 1 saturated carbocycles. The van der Waals surface area contributed by atoms with Crippen molar-refractivity contribution >= 4 is 17.6 Å². The van der Waals surface area contributed by atoms with Crippen LogP contribution in [-0.4, -0.2) is 18.0 Å². The molecule has 2 aliphatic carbocycles. The van der Waals surface area contributed by atoms with E-state index in [0.717, 1.165) is 43.2 Å². The monoisotopic (exact) mass is 273 g/mol.